The molecular weight excluding hydrogens is 460 g/mol. The van der Waals surface area contributed by atoms with Gasteiger partial charge in [0.1, 0.15) is 17.0 Å². The molecule has 0 radical (unpaired) electrons. The molecule has 6 aromatic rings. The number of carbonyl (C=O) groups is 1. The number of nitrogens with one attached hydrogen (secondary N) is 1. The molecule has 3 heterocycles. The lowest BCUT2D eigenvalue weighted by molar-refractivity contribution is 0.0951. The van der Waals surface area contributed by atoms with E-state index in [1.165, 1.54) is 6.07 Å². The number of carbonyl (C=O) groups excluding carboxylic acids is 1. The number of benzene rings is 4. The number of nitrogen functional groups attached to an aromatic ring is 1. The molecule has 36 heavy (non-hydrogen) atoms. The van der Waals surface area contributed by atoms with E-state index in [0.29, 0.717) is 34.7 Å². The van der Waals surface area contributed by atoms with Crippen LogP contribution in [-0.4, -0.2) is 10.9 Å². The van der Waals surface area contributed by atoms with Crippen molar-refractivity contribution in [2.24, 2.45) is 0 Å². The van der Waals surface area contributed by atoms with Crippen LogP contribution < -0.4 is 11.1 Å². The van der Waals surface area contributed by atoms with Crippen molar-refractivity contribution in [1.82, 2.24) is 10.3 Å². The smallest absolute Gasteiger partial charge is 0.251 e. The van der Waals surface area contributed by atoms with Gasteiger partial charge in [-0.3, -0.25) is 4.79 Å². The van der Waals surface area contributed by atoms with Crippen molar-refractivity contribution in [1.29, 1.82) is 0 Å². The normalized spacial score (nSPS) is 11.7. The Balaban J connectivity index is 1.33. The van der Waals surface area contributed by atoms with Crippen LogP contribution in [0.5, 0.6) is 0 Å². The topological polar surface area (TPSA) is 81.1 Å². The monoisotopic (exact) mass is 481 g/mol. The SMILES string of the molecule is Cc1cc(N)nc(C)c1CNC(=O)c1ccc2c(c1)c1oc2c2cc(-c3ccc(F)c(F)c3)ccc21. The maximum absolute atomic E-state index is 13.7. The second kappa shape index (κ2) is 8.02. The summed E-state index contributed by atoms with van der Waals surface area (Å²) in [6.07, 6.45) is 0. The van der Waals surface area contributed by atoms with Crippen LogP contribution in [0.25, 0.3) is 43.8 Å². The quantitative estimate of drug-likeness (QED) is 0.276. The van der Waals surface area contributed by atoms with E-state index in [2.05, 4.69) is 10.3 Å². The van der Waals surface area contributed by atoms with Crippen LogP contribution in [0, 0.1) is 25.5 Å². The zero-order valence-electron chi connectivity index (χ0n) is 19.6. The minimum absolute atomic E-state index is 0.198. The lowest BCUT2D eigenvalue weighted by Gasteiger charge is -2.11. The maximum Gasteiger partial charge on any atom is 0.251 e. The van der Waals surface area contributed by atoms with Gasteiger partial charge in [0.2, 0.25) is 0 Å². The molecule has 2 bridgehead atoms. The fourth-order valence-corrected chi connectivity index (χ4v) is 4.89. The number of furan rings is 2. The minimum Gasteiger partial charge on any atom is -0.455 e. The Morgan fingerprint density at radius 1 is 0.861 bits per heavy atom. The van der Waals surface area contributed by atoms with E-state index in [1.807, 2.05) is 44.2 Å². The standard InChI is InChI=1S/C29H21F2N3O2/c1-14-9-26(32)34-15(2)23(14)13-33-29(35)18-4-7-20-22(11-18)28-19-6-3-16(10-21(19)27(20)36-28)17-5-8-24(30)25(31)12-17/h3-12H,13H2,1-2H3,(H2,32,34)(H,33,35). The lowest BCUT2D eigenvalue weighted by Crippen LogP contribution is -2.24. The first kappa shape index (κ1) is 22.0. The Bertz CT molecular complexity index is 1800. The minimum atomic E-state index is -0.887. The van der Waals surface area contributed by atoms with Gasteiger partial charge in [-0.15, -0.1) is 0 Å². The Labute approximate surface area is 204 Å². The number of pyridine rings is 1. The number of nitrogens with zero attached hydrogens (tertiary/aromatic N) is 1. The Kier molecular flexibility index (Phi) is 4.89. The summed E-state index contributed by atoms with van der Waals surface area (Å²) < 4.78 is 33.2. The van der Waals surface area contributed by atoms with Crippen LogP contribution in [-0.2, 0) is 6.54 Å². The zero-order valence-corrected chi connectivity index (χ0v) is 19.6. The molecule has 0 aliphatic rings. The second-order valence-corrected chi connectivity index (χ2v) is 9.02. The number of hydrogen-bond acceptors (Lipinski definition) is 4. The molecule has 1 amide bonds. The first-order valence-electron chi connectivity index (χ1n) is 11.5. The van der Waals surface area contributed by atoms with E-state index >= 15 is 0 Å². The molecule has 3 N–H and O–H groups in total. The predicted octanol–water partition coefficient (Wildman–Crippen LogP) is 6.65. The van der Waals surface area contributed by atoms with Crippen molar-refractivity contribution in [3.05, 3.63) is 94.7 Å². The van der Waals surface area contributed by atoms with Crippen LogP contribution >= 0.6 is 0 Å². The van der Waals surface area contributed by atoms with Gasteiger partial charge < -0.3 is 15.5 Å². The zero-order chi connectivity index (χ0) is 25.1. The van der Waals surface area contributed by atoms with Crippen molar-refractivity contribution in [2.75, 3.05) is 5.73 Å². The van der Waals surface area contributed by atoms with Crippen LogP contribution in [0.1, 0.15) is 27.2 Å². The van der Waals surface area contributed by atoms with Gasteiger partial charge in [0, 0.05) is 39.3 Å². The number of aromatic nitrogens is 1. The molecule has 178 valence electrons. The van der Waals surface area contributed by atoms with E-state index in [1.54, 1.807) is 18.2 Å². The average molecular weight is 482 g/mol. The molecule has 0 atom stereocenters. The van der Waals surface area contributed by atoms with Gasteiger partial charge in [-0.1, -0.05) is 12.1 Å². The van der Waals surface area contributed by atoms with Gasteiger partial charge >= 0.3 is 0 Å². The molecule has 0 saturated heterocycles. The molecule has 5 nitrogen and oxygen atoms in total. The van der Waals surface area contributed by atoms with Crippen LogP contribution in [0.3, 0.4) is 0 Å². The van der Waals surface area contributed by atoms with Crippen molar-refractivity contribution in [3.63, 3.8) is 0 Å². The fraction of sp³-hybridized carbons (Fsp3) is 0.103. The van der Waals surface area contributed by atoms with Gasteiger partial charge in [-0.05, 0) is 84.6 Å². The number of nitrogens with two attached hydrogens (primary N) is 1. The highest BCUT2D eigenvalue weighted by Gasteiger charge is 2.20. The third-order valence-corrected chi connectivity index (χ3v) is 6.74. The number of amides is 1. The highest BCUT2D eigenvalue weighted by molar-refractivity contribution is 6.26. The first-order chi connectivity index (χ1) is 17.3. The molecule has 0 aliphatic carbocycles. The number of rotatable bonds is 4. The van der Waals surface area contributed by atoms with E-state index in [0.717, 1.165) is 50.0 Å². The molecule has 0 fully saturated rings. The molecule has 3 aromatic carbocycles. The molecule has 0 saturated carbocycles. The van der Waals surface area contributed by atoms with Gasteiger partial charge in [0.15, 0.2) is 11.6 Å². The number of anilines is 1. The summed E-state index contributed by atoms with van der Waals surface area (Å²) in [4.78, 5) is 17.2. The molecule has 7 heteroatoms. The highest BCUT2D eigenvalue weighted by atomic mass is 19.2. The fourth-order valence-electron chi connectivity index (χ4n) is 4.89. The molecule has 0 spiro atoms. The summed E-state index contributed by atoms with van der Waals surface area (Å²) in [7, 11) is 0. The van der Waals surface area contributed by atoms with E-state index in [4.69, 9.17) is 10.2 Å². The van der Waals surface area contributed by atoms with Gasteiger partial charge in [-0.2, -0.15) is 0 Å². The Morgan fingerprint density at radius 3 is 2.25 bits per heavy atom. The third kappa shape index (κ3) is 3.43. The third-order valence-electron chi connectivity index (χ3n) is 6.74. The van der Waals surface area contributed by atoms with E-state index < -0.39 is 11.6 Å². The van der Waals surface area contributed by atoms with Crippen LogP contribution in [0.4, 0.5) is 14.6 Å². The Hall–Kier alpha value is -4.52. The van der Waals surface area contributed by atoms with Crippen LogP contribution in [0.2, 0.25) is 0 Å². The summed E-state index contributed by atoms with van der Waals surface area (Å²) in [5.41, 5.74) is 11.8. The van der Waals surface area contributed by atoms with Gasteiger partial charge in [-0.25, -0.2) is 13.8 Å². The number of aryl methyl sites for hydroxylation is 2. The summed E-state index contributed by atoms with van der Waals surface area (Å²) in [6, 6.07) is 16.8. The highest BCUT2D eigenvalue weighted by Crippen LogP contribution is 2.42. The molecule has 0 unspecified atom stereocenters. The molecule has 0 aliphatic heterocycles. The van der Waals surface area contributed by atoms with Crippen molar-refractivity contribution in [3.8, 4) is 11.1 Å². The summed E-state index contributed by atoms with van der Waals surface area (Å²) in [5, 5.41) is 6.51. The van der Waals surface area contributed by atoms with Crippen molar-refractivity contribution >= 4 is 44.4 Å². The van der Waals surface area contributed by atoms with Crippen molar-refractivity contribution in [2.45, 2.75) is 20.4 Å². The first-order valence-corrected chi connectivity index (χ1v) is 11.5. The van der Waals surface area contributed by atoms with E-state index in [-0.39, 0.29) is 5.91 Å². The molecular formula is C29H21F2N3O2. The van der Waals surface area contributed by atoms with Crippen LogP contribution in [0.15, 0.2) is 65.1 Å². The number of halogens is 2. The largest absolute Gasteiger partial charge is 0.455 e. The second-order valence-electron chi connectivity index (χ2n) is 9.02. The molecule has 6 rings (SSSR count). The van der Waals surface area contributed by atoms with Gasteiger partial charge in [0.05, 0.1) is 0 Å². The number of hydrogen-bond donors (Lipinski definition) is 2. The average Bonchev–Trinajstić information content (AvgIpc) is 3.41. The summed E-state index contributed by atoms with van der Waals surface area (Å²) in [6.45, 7) is 4.16. The molecule has 3 aromatic heterocycles. The Morgan fingerprint density at radius 2 is 1.53 bits per heavy atom. The predicted molar refractivity (Wildman–Crippen MR) is 137 cm³/mol. The number of fused-ring (bicyclic) bond motifs is 8. The maximum atomic E-state index is 13.7. The van der Waals surface area contributed by atoms with Gasteiger partial charge in [0.25, 0.3) is 5.91 Å². The lowest BCUT2D eigenvalue weighted by atomic mass is 9.97. The van der Waals surface area contributed by atoms with Crippen molar-refractivity contribution < 1.29 is 18.0 Å². The summed E-state index contributed by atoms with van der Waals surface area (Å²) in [5.74, 6) is -1.51. The summed E-state index contributed by atoms with van der Waals surface area (Å²) >= 11 is 0. The van der Waals surface area contributed by atoms with E-state index in [9.17, 15) is 13.6 Å².